The molecule has 0 aliphatic heterocycles. The van der Waals surface area contributed by atoms with Gasteiger partial charge in [0, 0.05) is 23.7 Å². The number of ether oxygens (including phenoxy) is 1. The van der Waals surface area contributed by atoms with Gasteiger partial charge in [-0.1, -0.05) is 19.9 Å². The van der Waals surface area contributed by atoms with E-state index >= 15 is 0 Å². The molecule has 0 spiro atoms. The zero-order chi connectivity index (χ0) is 19.9. The second-order valence-corrected chi connectivity index (χ2v) is 8.45. The van der Waals surface area contributed by atoms with Crippen molar-refractivity contribution in [2.24, 2.45) is 0 Å². The van der Waals surface area contributed by atoms with E-state index < -0.39 is 10.0 Å². The monoisotopic (exact) mass is 408 g/mol. The maximum Gasteiger partial charge on any atom is 0.262 e. The average Bonchev–Trinajstić information content (AvgIpc) is 2.67. The number of nitrogens with one attached hydrogen (secondary N) is 1. The van der Waals surface area contributed by atoms with E-state index in [1.165, 1.54) is 16.4 Å². The summed E-state index contributed by atoms with van der Waals surface area (Å²) in [6.07, 6.45) is 1.97. The van der Waals surface area contributed by atoms with Crippen LogP contribution in [0.4, 0.5) is 5.69 Å². The van der Waals surface area contributed by atoms with Crippen molar-refractivity contribution in [2.45, 2.75) is 23.6 Å². The highest BCUT2D eigenvalue weighted by atomic mass is 32.2. The maximum atomic E-state index is 12.4. The predicted molar refractivity (Wildman–Crippen MR) is 109 cm³/mol. The van der Waals surface area contributed by atoms with Crippen LogP contribution in [0.15, 0.2) is 58.3 Å². The molecule has 2 rings (SSSR count). The number of amides is 1. The first-order valence-corrected chi connectivity index (χ1v) is 11.2. The molecule has 2 aromatic rings. The quantitative estimate of drug-likeness (QED) is 0.643. The molecule has 0 aliphatic rings. The number of thioether (sulfide) groups is 1. The molecule has 0 saturated heterocycles. The first-order valence-electron chi connectivity index (χ1n) is 8.57. The lowest BCUT2D eigenvalue weighted by atomic mass is 10.3. The van der Waals surface area contributed by atoms with E-state index in [-0.39, 0.29) is 17.4 Å². The smallest absolute Gasteiger partial charge is 0.262 e. The molecule has 0 fully saturated rings. The molecule has 1 amide bonds. The highest BCUT2D eigenvalue weighted by molar-refractivity contribution is 7.98. The Kier molecular flexibility index (Phi) is 7.70. The molecule has 0 unspecified atom stereocenters. The van der Waals surface area contributed by atoms with E-state index in [1.54, 1.807) is 37.7 Å². The summed E-state index contributed by atoms with van der Waals surface area (Å²) in [7, 11) is -3.50. The number of benzene rings is 2. The van der Waals surface area contributed by atoms with Crippen molar-refractivity contribution >= 4 is 33.4 Å². The fourth-order valence-corrected chi connectivity index (χ4v) is 4.38. The molecule has 27 heavy (non-hydrogen) atoms. The van der Waals surface area contributed by atoms with Gasteiger partial charge in [0.05, 0.1) is 4.90 Å². The van der Waals surface area contributed by atoms with Crippen LogP contribution >= 0.6 is 11.8 Å². The Morgan fingerprint density at radius 1 is 1.11 bits per heavy atom. The molecule has 0 radical (unpaired) electrons. The Labute approximate surface area is 165 Å². The first-order chi connectivity index (χ1) is 12.9. The Morgan fingerprint density at radius 3 is 2.37 bits per heavy atom. The van der Waals surface area contributed by atoms with Gasteiger partial charge < -0.3 is 10.1 Å². The van der Waals surface area contributed by atoms with E-state index in [4.69, 9.17) is 4.74 Å². The average molecular weight is 409 g/mol. The van der Waals surface area contributed by atoms with Crippen molar-refractivity contribution < 1.29 is 17.9 Å². The van der Waals surface area contributed by atoms with Gasteiger partial charge in [-0.25, -0.2) is 8.42 Å². The van der Waals surface area contributed by atoms with E-state index in [2.05, 4.69) is 5.32 Å². The van der Waals surface area contributed by atoms with Crippen LogP contribution in [0.5, 0.6) is 5.75 Å². The van der Waals surface area contributed by atoms with E-state index in [0.29, 0.717) is 24.5 Å². The summed E-state index contributed by atoms with van der Waals surface area (Å²) in [6, 6.07) is 13.6. The molecule has 8 heteroatoms. The minimum atomic E-state index is -3.50. The van der Waals surface area contributed by atoms with Gasteiger partial charge in [0.25, 0.3) is 5.91 Å². The minimum Gasteiger partial charge on any atom is -0.484 e. The number of hydrogen-bond donors (Lipinski definition) is 1. The van der Waals surface area contributed by atoms with Crippen LogP contribution in [-0.4, -0.2) is 44.6 Å². The largest absolute Gasteiger partial charge is 0.484 e. The van der Waals surface area contributed by atoms with Crippen LogP contribution in [0.2, 0.25) is 0 Å². The Balaban J connectivity index is 1.95. The molecule has 0 saturated carbocycles. The lowest BCUT2D eigenvalue weighted by molar-refractivity contribution is -0.118. The molecule has 6 nitrogen and oxygen atoms in total. The topological polar surface area (TPSA) is 75.7 Å². The third kappa shape index (κ3) is 5.72. The third-order valence-electron chi connectivity index (χ3n) is 3.89. The summed E-state index contributed by atoms with van der Waals surface area (Å²) in [5, 5.41) is 2.77. The molecule has 0 atom stereocenters. The third-order valence-corrected chi connectivity index (χ3v) is 6.68. The van der Waals surface area contributed by atoms with Crippen molar-refractivity contribution in [3.05, 3.63) is 48.5 Å². The van der Waals surface area contributed by atoms with Crippen molar-refractivity contribution in [3.63, 3.8) is 0 Å². The van der Waals surface area contributed by atoms with Crippen LogP contribution in [0.25, 0.3) is 0 Å². The first kappa shape index (κ1) is 21.3. The number of hydrogen-bond acceptors (Lipinski definition) is 5. The summed E-state index contributed by atoms with van der Waals surface area (Å²) in [5.41, 5.74) is 0.705. The van der Waals surface area contributed by atoms with Gasteiger partial charge >= 0.3 is 0 Å². The molecule has 146 valence electrons. The van der Waals surface area contributed by atoms with Gasteiger partial charge in [-0.05, 0) is 48.7 Å². The molecule has 0 aliphatic carbocycles. The predicted octanol–water partition coefficient (Wildman–Crippen LogP) is 3.46. The number of carbonyl (C=O) groups excluding carboxylic acids is 1. The minimum absolute atomic E-state index is 0.161. The molecular weight excluding hydrogens is 384 g/mol. The fourth-order valence-electron chi connectivity index (χ4n) is 2.47. The molecular formula is C19H24N2O4S2. The molecule has 2 aromatic carbocycles. The van der Waals surface area contributed by atoms with Crippen molar-refractivity contribution in [2.75, 3.05) is 31.3 Å². The zero-order valence-corrected chi connectivity index (χ0v) is 17.3. The summed E-state index contributed by atoms with van der Waals surface area (Å²) in [6.45, 7) is 4.26. The van der Waals surface area contributed by atoms with Crippen molar-refractivity contribution in [3.8, 4) is 5.75 Å². The van der Waals surface area contributed by atoms with Gasteiger partial charge in [0.2, 0.25) is 10.0 Å². The van der Waals surface area contributed by atoms with Crippen LogP contribution in [0.3, 0.4) is 0 Å². The van der Waals surface area contributed by atoms with Gasteiger partial charge in [-0.3, -0.25) is 4.79 Å². The second-order valence-electron chi connectivity index (χ2n) is 5.63. The van der Waals surface area contributed by atoms with Gasteiger partial charge in [-0.15, -0.1) is 11.8 Å². The Morgan fingerprint density at radius 2 is 1.78 bits per heavy atom. The van der Waals surface area contributed by atoms with E-state index in [9.17, 15) is 13.2 Å². The summed E-state index contributed by atoms with van der Waals surface area (Å²) < 4.78 is 31.7. The number of anilines is 1. The Bertz CT molecular complexity index is 864. The van der Waals surface area contributed by atoms with Crippen molar-refractivity contribution in [1.82, 2.24) is 4.31 Å². The molecule has 1 N–H and O–H groups in total. The molecule has 0 aromatic heterocycles. The van der Waals surface area contributed by atoms with Gasteiger partial charge in [0.15, 0.2) is 6.61 Å². The number of sulfonamides is 1. The van der Waals surface area contributed by atoms with Crippen LogP contribution < -0.4 is 10.1 Å². The van der Waals surface area contributed by atoms with Crippen LogP contribution in [0.1, 0.15) is 13.8 Å². The van der Waals surface area contributed by atoms with Gasteiger partial charge in [0.1, 0.15) is 5.75 Å². The standard InChI is InChI=1S/C19H24N2O4S2/c1-4-21(5-2)27(23,24)18-11-9-16(10-12-18)25-14-19(22)20-15-7-6-8-17(13-15)26-3/h6-13H,4-5,14H2,1-3H3,(H,20,22). The SMILES string of the molecule is CCN(CC)S(=O)(=O)c1ccc(OCC(=O)Nc2cccc(SC)c2)cc1. The van der Waals surface area contributed by atoms with E-state index in [1.807, 2.05) is 30.5 Å². The highest BCUT2D eigenvalue weighted by Crippen LogP contribution is 2.20. The van der Waals surface area contributed by atoms with Gasteiger partial charge in [-0.2, -0.15) is 4.31 Å². The number of carbonyl (C=O) groups is 1. The lowest BCUT2D eigenvalue weighted by Crippen LogP contribution is -2.30. The van der Waals surface area contributed by atoms with Crippen molar-refractivity contribution in [1.29, 1.82) is 0 Å². The van der Waals surface area contributed by atoms with E-state index in [0.717, 1.165) is 4.90 Å². The lowest BCUT2D eigenvalue weighted by Gasteiger charge is -2.18. The number of rotatable bonds is 9. The summed E-state index contributed by atoms with van der Waals surface area (Å²) in [4.78, 5) is 13.3. The maximum absolute atomic E-state index is 12.4. The fraction of sp³-hybridized carbons (Fsp3) is 0.316. The van der Waals surface area contributed by atoms with Crippen LogP contribution in [-0.2, 0) is 14.8 Å². The normalized spacial score (nSPS) is 11.4. The highest BCUT2D eigenvalue weighted by Gasteiger charge is 2.21. The molecule has 0 bridgehead atoms. The zero-order valence-electron chi connectivity index (χ0n) is 15.6. The number of nitrogens with zero attached hydrogens (tertiary/aromatic N) is 1. The summed E-state index contributed by atoms with van der Waals surface area (Å²) >= 11 is 1.59. The van der Waals surface area contributed by atoms with Crippen LogP contribution in [0, 0.1) is 0 Å². The summed E-state index contributed by atoms with van der Waals surface area (Å²) in [5.74, 6) is 0.148. The Hall–Kier alpha value is -2.03. The second kappa shape index (κ2) is 9.77. The molecule has 0 heterocycles.